The smallest absolute Gasteiger partial charge is 0.180 e. The minimum absolute atomic E-state index is 0.704. The lowest BCUT2D eigenvalue weighted by molar-refractivity contribution is 0.244. The van der Waals surface area contributed by atoms with E-state index in [2.05, 4.69) is 29.2 Å². The van der Waals surface area contributed by atoms with E-state index in [1.54, 1.807) is 18.4 Å². The van der Waals surface area contributed by atoms with Gasteiger partial charge < -0.3 is 4.74 Å². The Hall–Kier alpha value is -1.24. The van der Waals surface area contributed by atoms with Gasteiger partial charge in [0.25, 0.3) is 0 Å². The SMILES string of the molecule is COc1ccc(CN(C)Cn2nc(C)sc2=S)cc1. The molecule has 0 amide bonds. The number of aryl methyl sites for hydroxylation is 1. The first kappa shape index (κ1) is 14.2. The maximum Gasteiger partial charge on any atom is 0.180 e. The zero-order valence-corrected chi connectivity index (χ0v) is 12.9. The van der Waals surface area contributed by atoms with Crippen molar-refractivity contribution in [2.75, 3.05) is 14.2 Å². The van der Waals surface area contributed by atoms with Crippen LogP contribution in [0, 0.1) is 10.9 Å². The van der Waals surface area contributed by atoms with Crippen molar-refractivity contribution in [1.82, 2.24) is 14.7 Å². The molecule has 102 valence electrons. The Labute approximate surface area is 122 Å². The molecular weight excluding hydrogens is 278 g/mol. The summed E-state index contributed by atoms with van der Waals surface area (Å²) in [6.07, 6.45) is 0. The zero-order chi connectivity index (χ0) is 13.8. The number of hydrogen-bond acceptors (Lipinski definition) is 5. The van der Waals surface area contributed by atoms with Crippen molar-refractivity contribution in [3.8, 4) is 5.75 Å². The summed E-state index contributed by atoms with van der Waals surface area (Å²) < 4.78 is 7.83. The van der Waals surface area contributed by atoms with Crippen molar-refractivity contribution in [2.45, 2.75) is 20.1 Å². The molecule has 0 aliphatic heterocycles. The molecule has 0 atom stereocenters. The molecule has 6 heteroatoms. The number of hydrogen-bond donors (Lipinski definition) is 0. The van der Waals surface area contributed by atoms with E-state index in [-0.39, 0.29) is 0 Å². The third-order valence-corrected chi connectivity index (χ3v) is 3.92. The normalized spacial score (nSPS) is 10.9. The summed E-state index contributed by atoms with van der Waals surface area (Å²) in [7, 11) is 3.73. The summed E-state index contributed by atoms with van der Waals surface area (Å²) in [5.41, 5.74) is 1.24. The predicted molar refractivity (Wildman–Crippen MR) is 80.1 cm³/mol. The molecule has 0 N–H and O–H groups in total. The molecule has 0 saturated heterocycles. The molecule has 19 heavy (non-hydrogen) atoms. The number of rotatable bonds is 5. The monoisotopic (exact) mass is 295 g/mol. The van der Waals surface area contributed by atoms with E-state index in [9.17, 15) is 0 Å². The third-order valence-electron chi connectivity index (χ3n) is 2.69. The molecule has 0 bridgehead atoms. The topological polar surface area (TPSA) is 30.3 Å². The van der Waals surface area contributed by atoms with Crippen molar-refractivity contribution in [2.24, 2.45) is 0 Å². The first-order chi connectivity index (χ1) is 9.08. The van der Waals surface area contributed by atoms with Crippen LogP contribution < -0.4 is 4.74 Å². The van der Waals surface area contributed by atoms with Crippen LogP contribution in [0.15, 0.2) is 24.3 Å². The largest absolute Gasteiger partial charge is 0.497 e. The van der Waals surface area contributed by atoms with E-state index in [4.69, 9.17) is 17.0 Å². The molecule has 4 nitrogen and oxygen atoms in total. The second kappa shape index (κ2) is 6.27. The lowest BCUT2D eigenvalue weighted by Gasteiger charge is -2.16. The Morgan fingerprint density at radius 1 is 1.37 bits per heavy atom. The van der Waals surface area contributed by atoms with Gasteiger partial charge in [0.05, 0.1) is 13.8 Å². The molecular formula is C13H17N3OS2. The maximum absolute atomic E-state index is 5.26. The van der Waals surface area contributed by atoms with Gasteiger partial charge in [0, 0.05) is 6.54 Å². The van der Waals surface area contributed by atoms with Gasteiger partial charge in [0.1, 0.15) is 10.8 Å². The van der Waals surface area contributed by atoms with E-state index in [1.807, 2.05) is 23.7 Å². The van der Waals surface area contributed by atoms with Gasteiger partial charge in [-0.05, 0) is 43.9 Å². The molecule has 2 rings (SSSR count). The highest BCUT2D eigenvalue weighted by Crippen LogP contribution is 2.13. The average Bonchev–Trinajstić information content (AvgIpc) is 2.68. The first-order valence-electron chi connectivity index (χ1n) is 5.94. The Morgan fingerprint density at radius 3 is 2.58 bits per heavy atom. The van der Waals surface area contributed by atoms with Crippen LogP contribution in [0.5, 0.6) is 5.75 Å². The Bertz CT molecular complexity index is 589. The average molecular weight is 295 g/mol. The maximum atomic E-state index is 5.26. The highest BCUT2D eigenvalue weighted by molar-refractivity contribution is 7.73. The number of benzene rings is 1. The Balaban J connectivity index is 1.98. The number of ether oxygens (including phenoxy) is 1. The number of nitrogens with zero attached hydrogens (tertiary/aromatic N) is 3. The van der Waals surface area contributed by atoms with Crippen LogP contribution in [-0.4, -0.2) is 28.8 Å². The summed E-state index contributed by atoms with van der Waals surface area (Å²) >= 11 is 6.81. The minimum atomic E-state index is 0.704. The van der Waals surface area contributed by atoms with E-state index < -0.39 is 0 Å². The molecule has 1 aromatic carbocycles. The molecule has 0 aliphatic carbocycles. The molecule has 0 saturated carbocycles. The Morgan fingerprint density at radius 2 is 2.05 bits per heavy atom. The van der Waals surface area contributed by atoms with Crippen LogP contribution in [-0.2, 0) is 13.2 Å². The number of aromatic nitrogens is 2. The van der Waals surface area contributed by atoms with Crippen LogP contribution in [0.1, 0.15) is 10.6 Å². The quantitative estimate of drug-likeness (QED) is 0.793. The Kier molecular flexibility index (Phi) is 4.68. The van der Waals surface area contributed by atoms with Crippen molar-refractivity contribution >= 4 is 23.6 Å². The lowest BCUT2D eigenvalue weighted by Crippen LogP contribution is -2.22. The van der Waals surface area contributed by atoms with E-state index >= 15 is 0 Å². The summed E-state index contributed by atoms with van der Waals surface area (Å²) in [5.74, 6) is 0.878. The second-order valence-electron chi connectivity index (χ2n) is 4.39. The summed E-state index contributed by atoms with van der Waals surface area (Å²) in [6, 6.07) is 8.09. The summed E-state index contributed by atoms with van der Waals surface area (Å²) in [6.45, 7) is 3.53. The highest BCUT2D eigenvalue weighted by Gasteiger charge is 2.05. The van der Waals surface area contributed by atoms with E-state index in [0.29, 0.717) is 6.67 Å². The van der Waals surface area contributed by atoms with Crippen LogP contribution in [0.2, 0.25) is 0 Å². The number of methoxy groups -OCH3 is 1. The van der Waals surface area contributed by atoms with Gasteiger partial charge in [-0.1, -0.05) is 23.5 Å². The second-order valence-corrected chi connectivity index (χ2v) is 6.22. The van der Waals surface area contributed by atoms with E-state index in [1.165, 1.54) is 5.56 Å². The predicted octanol–water partition coefficient (Wildman–Crippen LogP) is 3.08. The van der Waals surface area contributed by atoms with Crippen LogP contribution in [0.25, 0.3) is 0 Å². The van der Waals surface area contributed by atoms with Crippen LogP contribution >= 0.6 is 23.6 Å². The van der Waals surface area contributed by atoms with Gasteiger partial charge >= 0.3 is 0 Å². The third kappa shape index (κ3) is 3.86. The standard InChI is InChI=1S/C13H17N3OS2/c1-10-14-16(13(18)19-10)9-15(2)8-11-4-6-12(17-3)7-5-11/h4-7H,8-9H2,1-3H3. The highest BCUT2D eigenvalue weighted by atomic mass is 32.1. The van der Waals surface area contributed by atoms with Gasteiger partial charge in [-0.3, -0.25) is 4.90 Å². The van der Waals surface area contributed by atoms with Gasteiger partial charge in [-0.2, -0.15) is 5.10 Å². The molecule has 1 heterocycles. The van der Waals surface area contributed by atoms with E-state index in [0.717, 1.165) is 21.3 Å². The van der Waals surface area contributed by atoms with Crippen molar-refractivity contribution in [1.29, 1.82) is 0 Å². The molecule has 0 radical (unpaired) electrons. The van der Waals surface area contributed by atoms with Crippen molar-refractivity contribution in [3.05, 3.63) is 38.8 Å². The fraction of sp³-hybridized carbons (Fsp3) is 0.385. The fourth-order valence-corrected chi connectivity index (χ4v) is 2.88. The first-order valence-corrected chi connectivity index (χ1v) is 7.17. The zero-order valence-electron chi connectivity index (χ0n) is 11.3. The molecule has 0 fully saturated rings. The van der Waals surface area contributed by atoms with Crippen LogP contribution in [0.4, 0.5) is 0 Å². The summed E-state index contributed by atoms with van der Waals surface area (Å²) in [5, 5.41) is 5.39. The van der Waals surface area contributed by atoms with Crippen molar-refractivity contribution in [3.63, 3.8) is 0 Å². The fourth-order valence-electron chi connectivity index (χ4n) is 1.82. The molecule has 0 unspecified atom stereocenters. The lowest BCUT2D eigenvalue weighted by atomic mass is 10.2. The molecule has 1 aromatic heterocycles. The van der Waals surface area contributed by atoms with Crippen LogP contribution in [0.3, 0.4) is 0 Å². The molecule has 0 spiro atoms. The minimum Gasteiger partial charge on any atom is -0.497 e. The molecule has 0 aliphatic rings. The van der Waals surface area contributed by atoms with Crippen molar-refractivity contribution < 1.29 is 4.74 Å². The van der Waals surface area contributed by atoms with Gasteiger partial charge in [-0.25, -0.2) is 4.68 Å². The van der Waals surface area contributed by atoms with Gasteiger partial charge in [-0.15, -0.1) is 0 Å². The van der Waals surface area contributed by atoms with Gasteiger partial charge in [0.15, 0.2) is 3.95 Å². The summed E-state index contributed by atoms with van der Waals surface area (Å²) in [4.78, 5) is 2.18. The molecule has 2 aromatic rings. The van der Waals surface area contributed by atoms with Gasteiger partial charge in [0.2, 0.25) is 0 Å².